The van der Waals surface area contributed by atoms with Gasteiger partial charge in [-0.2, -0.15) is 0 Å². The fraction of sp³-hybridized carbons (Fsp3) is 0.500. The van der Waals surface area contributed by atoms with Crippen molar-refractivity contribution in [1.82, 2.24) is 5.32 Å². The van der Waals surface area contributed by atoms with E-state index in [-0.39, 0.29) is 22.3 Å². The Hall–Kier alpha value is -2.36. The Morgan fingerprint density at radius 2 is 1.94 bits per heavy atom. The molecule has 0 radical (unpaired) electrons. The number of nitrogens with zero attached hydrogens (tertiary/aromatic N) is 1. The highest BCUT2D eigenvalue weighted by molar-refractivity contribution is 7.89. The smallest absolute Gasteiger partial charge is 0.253 e. The number of primary sulfonamides is 1. The zero-order valence-electron chi connectivity index (χ0n) is 18.1. The molecule has 1 aromatic carbocycles. The zero-order valence-corrected chi connectivity index (χ0v) is 18.9. The van der Waals surface area contributed by atoms with Crippen molar-refractivity contribution in [2.24, 2.45) is 10.6 Å². The summed E-state index contributed by atoms with van der Waals surface area (Å²) in [4.78, 5) is 15.4. The number of anilines is 1. The van der Waals surface area contributed by atoms with E-state index in [9.17, 15) is 13.2 Å². The molecule has 8 nitrogen and oxygen atoms in total. The maximum absolute atomic E-state index is 13.4. The van der Waals surface area contributed by atoms with Crippen LogP contribution in [0.1, 0.15) is 53.8 Å². The van der Waals surface area contributed by atoms with Crippen molar-refractivity contribution in [2.45, 2.75) is 44.6 Å². The number of benzene rings is 1. The van der Waals surface area contributed by atoms with Crippen LogP contribution in [0.25, 0.3) is 0 Å². The second kappa shape index (κ2) is 7.96. The molecule has 4 rings (SSSR count). The normalized spacial score (nSPS) is 20.9. The number of nitrogens with two attached hydrogens (primary N) is 1. The molecule has 0 saturated carbocycles. The van der Waals surface area contributed by atoms with Gasteiger partial charge in [0.05, 0.1) is 29.7 Å². The van der Waals surface area contributed by atoms with E-state index >= 15 is 0 Å². The fourth-order valence-corrected chi connectivity index (χ4v) is 5.04. The Balaban J connectivity index is 1.70. The number of nitrogens with one attached hydrogen (secondary N) is 1. The predicted molar refractivity (Wildman–Crippen MR) is 117 cm³/mol. The Kier molecular flexibility index (Phi) is 5.61. The van der Waals surface area contributed by atoms with Crippen molar-refractivity contribution in [3.63, 3.8) is 0 Å². The van der Waals surface area contributed by atoms with Gasteiger partial charge in [0.2, 0.25) is 10.0 Å². The average molecular weight is 448 g/mol. The highest BCUT2D eigenvalue weighted by atomic mass is 32.2. The van der Waals surface area contributed by atoms with Gasteiger partial charge in [0, 0.05) is 30.8 Å². The van der Waals surface area contributed by atoms with Crippen molar-refractivity contribution < 1.29 is 22.4 Å². The van der Waals surface area contributed by atoms with Gasteiger partial charge in [-0.3, -0.25) is 4.79 Å². The van der Waals surface area contributed by atoms with E-state index in [0.29, 0.717) is 37.6 Å². The average Bonchev–Trinajstić information content (AvgIpc) is 3.06. The Bertz CT molecular complexity index is 1100. The number of hydrogen-bond donors (Lipinski definition) is 2. The minimum absolute atomic E-state index is 0.0370. The topological polar surface area (TPSA) is 115 Å². The van der Waals surface area contributed by atoms with Crippen LogP contribution in [0, 0.1) is 12.3 Å². The van der Waals surface area contributed by atoms with Gasteiger partial charge in [-0.05, 0) is 43.0 Å². The van der Waals surface area contributed by atoms with E-state index < -0.39 is 10.0 Å². The minimum Gasteiger partial charge on any atom is -0.466 e. The third kappa shape index (κ3) is 4.63. The number of morpholine rings is 1. The maximum Gasteiger partial charge on any atom is 0.253 e. The van der Waals surface area contributed by atoms with Crippen LogP contribution in [0.2, 0.25) is 0 Å². The SMILES string of the molecule is Cc1cc2c(o1)CC(C)(C)C[C@H]2NC(=O)c1cc(S(N)(=O)=O)ccc1N1CCOCC1. The van der Waals surface area contributed by atoms with Crippen LogP contribution in [0.15, 0.2) is 33.6 Å². The third-order valence-corrected chi connectivity index (χ3v) is 6.85. The van der Waals surface area contributed by atoms with E-state index in [2.05, 4.69) is 19.2 Å². The van der Waals surface area contributed by atoms with E-state index in [1.54, 1.807) is 6.07 Å². The molecule has 2 aliphatic rings. The molecule has 2 aromatic rings. The molecule has 1 saturated heterocycles. The second-order valence-corrected chi connectivity index (χ2v) is 10.7. The first-order chi connectivity index (χ1) is 14.5. The molecule has 1 aliphatic carbocycles. The Labute approximate surface area is 182 Å². The lowest BCUT2D eigenvalue weighted by Gasteiger charge is -2.35. The van der Waals surface area contributed by atoms with E-state index in [0.717, 1.165) is 29.9 Å². The van der Waals surface area contributed by atoms with Crippen LogP contribution in [-0.2, 0) is 21.2 Å². The molecular weight excluding hydrogens is 418 g/mol. The standard InChI is InChI=1S/C22H29N3O5S/c1-14-10-16-18(12-22(2,3)13-20(16)30-14)24-21(26)17-11-15(31(23,27)28)4-5-19(17)25-6-8-29-9-7-25/h4-5,10-11,18H,6-9,12-13H2,1-3H3,(H,24,26)(H2,23,27,28)/t18-/m1/s1. The van der Waals surface area contributed by atoms with Crippen molar-refractivity contribution in [1.29, 1.82) is 0 Å². The molecule has 0 bridgehead atoms. The largest absolute Gasteiger partial charge is 0.466 e. The van der Waals surface area contributed by atoms with Gasteiger partial charge in [-0.25, -0.2) is 13.6 Å². The summed E-state index contributed by atoms with van der Waals surface area (Å²) in [7, 11) is -3.94. The number of ether oxygens (including phenoxy) is 1. The van der Waals surface area contributed by atoms with Crippen molar-refractivity contribution in [3.05, 3.63) is 46.9 Å². The molecule has 3 N–H and O–H groups in total. The molecule has 1 aromatic heterocycles. The van der Waals surface area contributed by atoms with E-state index in [1.165, 1.54) is 12.1 Å². The molecule has 2 heterocycles. The number of carbonyl (C=O) groups is 1. The molecule has 1 aliphatic heterocycles. The minimum atomic E-state index is -3.94. The van der Waals surface area contributed by atoms with Gasteiger partial charge < -0.3 is 19.4 Å². The highest BCUT2D eigenvalue weighted by Crippen LogP contribution is 2.42. The zero-order chi connectivity index (χ0) is 22.4. The summed E-state index contributed by atoms with van der Waals surface area (Å²) >= 11 is 0. The monoisotopic (exact) mass is 447 g/mol. The predicted octanol–water partition coefficient (Wildman–Crippen LogP) is 2.52. The number of rotatable bonds is 4. The van der Waals surface area contributed by atoms with Crippen LogP contribution in [-0.4, -0.2) is 40.6 Å². The summed E-state index contributed by atoms with van der Waals surface area (Å²) in [6.07, 6.45) is 1.56. The summed E-state index contributed by atoms with van der Waals surface area (Å²) in [6.45, 7) is 8.53. The first-order valence-corrected chi connectivity index (χ1v) is 12.0. The van der Waals surface area contributed by atoms with Gasteiger partial charge in [-0.1, -0.05) is 13.8 Å². The summed E-state index contributed by atoms with van der Waals surface area (Å²) < 4.78 is 35.2. The summed E-state index contributed by atoms with van der Waals surface area (Å²) in [5, 5.41) is 8.46. The number of carbonyl (C=O) groups excluding carboxylic acids is 1. The van der Waals surface area contributed by atoms with E-state index in [1.807, 2.05) is 17.9 Å². The van der Waals surface area contributed by atoms with Gasteiger partial charge >= 0.3 is 0 Å². The Morgan fingerprint density at radius 3 is 2.61 bits per heavy atom. The molecule has 0 spiro atoms. The van der Waals surface area contributed by atoms with Gasteiger partial charge in [0.25, 0.3) is 5.91 Å². The summed E-state index contributed by atoms with van der Waals surface area (Å²) in [5.41, 5.74) is 1.91. The van der Waals surface area contributed by atoms with Crippen molar-refractivity contribution >= 4 is 21.6 Å². The van der Waals surface area contributed by atoms with Crippen LogP contribution in [0.3, 0.4) is 0 Å². The fourth-order valence-electron chi connectivity index (χ4n) is 4.50. The van der Waals surface area contributed by atoms with Crippen molar-refractivity contribution in [2.75, 3.05) is 31.2 Å². The first kappa shape index (κ1) is 21.9. The van der Waals surface area contributed by atoms with Crippen LogP contribution < -0.4 is 15.4 Å². The lowest BCUT2D eigenvalue weighted by molar-refractivity contribution is 0.0916. The first-order valence-electron chi connectivity index (χ1n) is 10.4. The number of aryl methyl sites for hydroxylation is 1. The molecular formula is C22H29N3O5S. The van der Waals surface area contributed by atoms with E-state index in [4.69, 9.17) is 14.3 Å². The second-order valence-electron chi connectivity index (χ2n) is 9.13. The number of hydrogen-bond acceptors (Lipinski definition) is 6. The number of fused-ring (bicyclic) bond motifs is 1. The van der Waals surface area contributed by atoms with Crippen LogP contribution >= 0.6 is 0 Å². The summed E-state index contributed by atoms with van der Waals surface area (Å²) in [5.74, 6) is 1.37. The summed E-state index contributed by atoms with van der Waals surface area (Å²) in [6, 6.07) is 6.21. The third-order valence-electron chi connectivity index (χ3n) is 5.93. The number of furan rings is 1. The highest BCUT2D eigenvalue weighted by Gasteiger charge is 2.36. The maximum atomic E-state index is 13.4. The lowest BCUT2D eigenvalue weighted by atomic mass is 9.74. The van der Waals surface area contributed by atoms with Gasteiger partial charge in [0.1, 0.15) is 11.5 Å². The lowest BCUT2D eigenvalue weighted by Crippen LogP contribution is -2.39. The molecule has 1 amide bonds. The van der Waals surface area contributed by atoms with Crippen LogP contribution in [0.4, 0.5) is 5.69 Å². The van der Waals surface area contributed by atoms with Gasteiger partial charge in [-0.15, -0.1) is 0 Å². The molecule has 9 heteroatoms. The molecule has 1 fully saturated rings. The van der Waals surface area contributed by atoms with Crippen LogP contribution in [0.5, 0.6) is 0 Å². The number of sulfonamides is 1. The van der Waals surface area contributed by atoms with Crippen molar-refractivity contribution in [3.8, 4) is 0 Å². The Morgan fingerprint density at radius 1 is 1.23 bits per heavy atom. The quantitative estimate of drug-likeness (QED) is 0.744. The molecule has 0 unspecified atom stereocenters. The van der Waals surface area contributed by atoms with Gasteiger partial charge in [0.15, 0.2) is 0 Å². The molecule has 168 valence electrons. The number of amides is 1. The molecule has 31 heavy (non-hydrogen) atoms. The molecule has 1 atom stereocenters.